The fourth-order valence-electron chi connectivity index (χ4n) is 4.95. The molecule has 1 N–H and O–H groups in total. The van der Waals surface area contributed by atoms with Crippen LogP contribution in [0.15, 0.2) is 12.2 Å². The van der Waals surface area contributed by atoms with Gasteiger partial charge >= 0.3 is 5.97 Å². The predicted octanol–water partition coefficient (Wildman–Crippen LogP) is 1.15. The molecule has 1 aliphatic heterocycles. The van der Waals surface area contributed by atoms with Crippen LogP contribution in [-0.2, 0) is 14.4 Å². The molecule has 21 heavy (non-hydrogen) atoms. The molecule has 0 aromatic rings. The molecule has 5 heteroatoms. The molecule has 0 aromatic carbocycles. The molecule has 5 nitrogen and oxygen atoms in total. The number of aliphatic carboxylic acids is 1. The van der Waals surface area contributed by atoms with Gasteiger partial charge in [0.05, 0.1) is 11.8 Å². The third-order valence-electron chi connectivity index (χ3n) is 5.86. The molecule has 1 saturated heterocycles. The monoisotopic (exact) mass is 289 g/mol. The first kappa shape index (κ1) is 13.0. The summed E-state index contributed by atoms with van der Waals surface area (Å²) in [6.45, 7) is 3.48. The van der Waals surface area contributed by atoms with E-state index in [0.29, 0.717) is 11.8 Å². The zero-order valence-corrected chi connectivity index (χ0v) is 12.1. The molecule has 0 aromatic heterocycles. The summed E-state index contributed by atoms with van der Waals surface area (Å²) in [5.41, 5.74) is 0. The van der Waals surface area contributed by atoms with Crippen LogP contribution in [0.1, 0.15) is 20.3 Å². The number of allylic oxidation sites excluding steroid dienone is 2. The third kappa shape index (κ3) is 1.49. The van der Waals surface area contributed by atoms with Crippen molar-refractivity contribution in [1.82, 2.24) is 4.90 Å². The lowest BCUT2D eigenvalue weighted by molar-refractivity contribution is -0.157. The number of carboxylic acids is 1. The fraction of sp³-hybridized carbons (Fsp3) is 0.688. The molecule has 0 radical (unpaired) electrons. The molecule has 4 aliphatic carbocycles. The number of carboxylic acid groups (broad SMARTS) is 1. The van der Waals surface area contributed by atoms with E-state index < -0.39 is 12.0 Å². The number of carbonyl (C=O) groups excluding carboxylic acids is 2. The van der Waals surface area contributed by atoms with Crippen LogP contribution in [0.25, 0.3) is 0 Å². The molecular weight excluding hydrogens is 270 g/mol. The summed E-state index contributed by atoms with van der Waals surface area (Å²) in [6.07, 6.45) is 5.31. The second-order valence-electron chi connectivity index (χ2n) is 7.23. The lowest BCUT2D eigenvalue weighted by atomic mass is 9.63. The van der Waals surface area contributed by atoms with Crippen molar-refractivity contribution in [2.75, 3.05) is 0 Å². The van der Waals surface area contributed by atoms with Crippen molar-refractivity contribution in [3.05, 3.63) is 12.2 Å². The third-order valence-corrected chi connectivity index (χ3v) is 5.86. The summed E-state index contributed by atoms with van der Waals surface area (Å²) in [6, 6.07) is -1.04. The summed E-state index contributed by atoms with van der Waals surface area (Å²) in [5.74, 6) is -1.12. The maximum Gasteiger partial charge on any atom is 0.327 e. The Labute approximate surface area is 123 Å². The van der Waals surface area contributed by atoms with Crippen molar-refractivity contribution < 1.29 is 19.5 Å². The molecule has 1 heterocycles. The van der Waals surface area contributed by atoms with Crippen molar-refractivity contribution in [1.29, 1.82) is 0 Å². The highest BCUT2D eigenvalue weighted by atomic mass is 16.4. The van der Waals surface area contributed by atoms with Gasteiger partial charge in [-0.25, -0.2) is 4.79 Å². The molecule has 0 spiro atoms. The van der Waals surface area contributed by atoms with Crippen LogP contribution in [0.4, 0.5) is 0 Å². The minimum atomic E-state index is -1.09. The highest BCUT2D eigenvalue weighted by molar-refractivity contribution is 6.08. The van der Waals surface area contributed by atoms with E-state index in [1.54, 1.807) is 13.8 Å². The molecule has 3 fully saturated rings. The normalized spacial score (nSPS) is 44.0. The van der Waals surface area contributed by atoms with Gasteiger partial charge in [0, 0.05) is 0 Å². The molecule has 0 unspecified atom stereocenters. The van der Waals surface area contributed by atoms with Gasteiger partial charge in [0.1, 0.15) is 6.04 Å². The number of amides is 2. The van der Waals surface area contributed by atoms with Crippen LogP contribution in [0.2, 0.25) is 0 Å². The Morgan fingerprint density at radius 3 is 2.00 bits per heavy atom. The zero-order chi connectivity index (χ0) is 15.0. The van der Waals surface area contributed by atoms with E-state index in [0.717, 1.165) is 11.3 Å². The van der Waals surface area contributed by atoms with Gasteiger partial charge in [-0.1, -0.05) is 26.0 Å². The summed E-state index contributed by atoms with van der Waals surface area (Å²) in [7, 11) is 0. The highest BCUT2D eigenvalue weighted by Crippen LogP contribution is 2.65. The van der Waals surface area contributed by atoms with Gasteiger partial charge in [-0.2, -0.15) is 0 Å². The zero-order valence-electron chi connectivity index (χ0n) is 12.1. The number of rotatable bonds is 3. The first-order valence-electron chi connectivity index (χ1n) is 7.71. The molecule has 7 atom stereocenters. The topological polar surface area (TPSA) is 74.7 Å². The number of nitrogens with zero attached hydrogens (tertiary/aromatic N) is 1. The van der Waals surface area contributed by atoms with Crippen LogP contribution >= 0.6 is 0 Å². The van der Waals surface area contributed by atoms with Gasteiger partial charge in [-0.05, 0) is 36.0 Å². The van der Waals surface area contributed by atoms with E-state index in [4.69, 9.17) is 0 Å². The summed E-state index contributed by atoms with van der Waals surface area (Å²) in [4.78, 5) is 38.1. The van der Waals surface area contributed by atoms with Gasteiger partial charge < -0.3 is 5.11 Å². The number of imide groups is 1. The molecule has 2 saturated carbocycles. The van der Waals surface area contributed by atoms with Crippen molar-refractivity contribution in [3.63, 3.8) is 0 Å². The smallest absolute Gasteiger partial charge is 0.327 e. The summed E-state index contributed by atoms with van der Waals surface area (Å²) in [5, 5.41) is 9.42. The Kier molecular flexibility index (Phi) is 2.46. The lowest BCUT2D eigenvalue weighted by Crippen LogP contribution is -2.48. The molecular formula is C16H19NO4. The number of hydrogen-bond donors (Lipinski definition) is 1. The molecule has 5 aliphatic rings. The number of hydrogen-bond acceptors (Lipinski definition) is 3. The van der Waals surface area contributed by atoms with E-state index >= 15 is 0 Å². The maximum atomic E-state index is 12.8. The van der Waals surface area contributed by atoms with Crippen molar-refractivity contribution in [2.24, 2.45) is 41.4 Å². The predicted molar refractivity (Wildman–Crippen MR) is 72.8 cm³/mol. The fourth-order valence-corrected chi connectivity index (χ4v) is 4.95. The van der Waals surface area contributed by atoms with E-state index in [-0.39, 0.29) is 41.4 Å². The largest absolute Gasteiger partial charge is 0.480 e. The second kappa shape index (κ2) is 3.96. The van der Waals surface area contributed by atoms with E-state index in [1.807, 2.05) is 0 Å². The number of likely N-dealkylation sites (tertiary alicyclic amines) is 1. The summed E-state index contributed by atoms with van der Waals surface area (Å²) < 4.78 is 0. The number of carbonyl (C=O) groups is 3. The minimum absolute atomic E-state index is 0.146. The quantitative estimate of drug-likeness (QED) is 0.624. The Bertz CT molecular complexity index is 545. The van der Waals surface area contributed by atoms with Crippen LogP contribution in [0.5, 0.6) is 0 Å². The average molecular weight is 289 g/mol. The van der Waals surface area contributed by atoms with Crippen LogP contribution < -0.4 is 0 Å². The lowest BCUT2D eigenvalue weighted by Gasteiger charge is -2.37. The SMILES string of the molecule is CC(C)[C@H](C(=O)O)N1C(=O)[C@@H]2[C@H]3C=C[C@@H]([C@@H]4C[C@@H]34)[C@@H]2C1=O. The average Bonchev–Trinajstić information content (AvgIpc) is 3.19. The highest BCUT2D eigenvalue weighted by Gasteiger charge is 2.68. The second-order valence-corrected chi connectivity index (χ2v) is 7.23. The van der Waals surface area contributed by atoms with E-state index in [1.165, 1.54) is 0 Å². The van der Waals surface area contributed by atoms with Crippen LogP contribution in [0.3, 0.4) is 0 Å². The standard InChI is InChI=1S/C16H19NO4/c1-6(2)13(16(20)21)17-14(18)11-7-3-4-8(10-5-9(7)10)12(11)15(17)19/h3-4,6-13H,5H2,1-2H3,(H,20,21)/t7-,8-,9-,10-,11-,12+,13+/m0/s1. The molecule has 112 valence electrons. The first-order valence-corrected chi connectivity index (χ1v) is 7.71. The Balaban J connectivity index is 1.73. The Morgan fingerprint density at radius 2 is 1.62 bits per heavy atom. The van der Waals surface area contributed by atoms with Gasteiger partial charge in [0.15, 0.2) is 0 Å². The van der Waals surface area contributed by atoms with Crippen molar-refractivity contribution >= 4 is 17.8 Å². The van der Waals surface area contributed by atoms with Crippen molar-refractivity contribution in [2.45, 2.75) is 26.3 Å². The first-order chi connectivity index (χ1) is 9.93. The Hall–Kier alpha value is -1.65. The molecule has 2 bridgehead atoms. The van der Waals surface area contributed by atoms with Crippen LogP contribution in [0, 0.1) is 41.4 Å². The van der Waals surface area contributed by atoms with Gasteiger partial charge in [0.2, 0.25) is 11.8 Å². The summed E-state index contributed by atoms with van der Waals surface area (Å²) >= 11 is 0. The van der Waals surface area contributed by atoms with E-state index in [9.17, 15) is 19.5 Å². The Morgan fingerprint density at radius 1 is 1.14 bits per heavy atom. The van der Waals surface area contributed by atoms with Gasteiger partial charge in [0.25, 0.3) is 0 Å². The van der Waals surface area contributed by atoms with Gasteiger partial charge in [-0.15, -0.1) is 0 Å². The maximum absolute atomic E-state index is 12.8. The minimum Gasteiger partial charge on any atom is -0.480 e. The van der Waals surface area contributed by atoms with Gasteiger partial charge in [-0.3, -0.25) is 14.5 Å². The molecule has 5 rings (SSSR count). The van der Waals surface area contributed by atoms with Crippen molar-refractivity contribution in [3.8, 4) is 0 Å². The molecule has 2 amide bonds. The van der Waals surface area contributed by atoms with E-state index in [2.05, 4.69) is 12.2 Å². The van der Waals surface area contributed by atoms with Crippen LogP contribution in [-0.4, -0.2) is 33.8 Å².